The van der Waals surface area contributed by atoms with Gasteiger partial charge in [0.2, 0.25) is 0 Å². The number of halogens is 2. The van der Waals surface area contributed by atoms with Crippen molar-refractivity contribution < 1.29 is 9.50 Å². The van der Waals surface area contributed by atoms with E-state index in [-0.39, 0.29) is 5.82 Å². The lowest BCUT2D eigenvalue weighted by atomic mass is 9.99. The molecule has 1 aliphatic heterocycles. The highest BCUT2D eigenvalue weighted by molar-refractivity contribution is 6.31. The summed E-state index contributed by atoms with van der Waals surface area (Å²) >= 11 is 6.10. The van der Waals surface area contributed by atoms with Gasteiger partial charge in [-0.15, -0.1) is 0 Å². The standard InChI is InChI=1S/C18H19ClFNO/c19-17-2-1-3-18(20)16(17)12-21-9-8-14(11-21)10-13-4-6-15(22)7-5-13/h1-7,14,22H,8-12H2. The molecule has 2 aromatic carbocycles. The summed E-state index contributed by atoms with van der Waals surface area (Å²) in [5, 5.41) is 9.82. The topological polar surface area (TPSA) is 23.5 Å². The fraction of sp³-hybridized carbons (Fsp3) is 0.333. The Labute approximate surface area is 135 Å². The molecule has 1 atom stereocenters. The number of benzene rings is 2. The highest BCUT2D eigenvalue weighted by Crippen LogP contribution is 2.26. The molecule has 1 heterocycles. The second-order valence-corrected chi connectivity index (χ2v) is 6.37. The van der Waals surface area contributed by atoms with Gasteiger partial charge in [0.05, 0.1) is 0 Å². The van der Waals surface area contributed by atoms with Crippen molar-refractivity contribution in [1.82, 2.24) is 4.90 Å². The van der Waals surface area contributed by atoms with E-state index in [4.69, 9.17) is 11.6 Å². The molecular weight excluding hydrogens is 301 g/mol. The predicted molar refractivity (Wildman–Crippen MR) is 86.6 cm³/mol. The van der Waals surface area contributed by atoms with Gasteiger partial charge in [-0.05, 0) is 55.1 Å². The molecule has 22 heavy (non-hydrogen) atoms. The minimum absolute atomic E-state index is 0.227. The van der Waals surface area contributed by atoms with Crippen LogP contribution in [0.15, 0.2) is 42.5 Å². The summed E-state index contributed by atoms with van der Waals surface area (Å²) in [5.74, 6) is 0.635. The SMILES string of the molecule is Oc1ccc(CC2CCN(Cc3c(F)cccc3Cl)C2)cc1. The maximum Gasteiger partial charge on any atom is 0.129 e. The summed E-state index contributed by atoms with van der Waals surface area (Å²) < 4.78 is 13.9. The summed E-state index contributed by atoms with van der Waals surface area (Å²) in [7, 11) is 0. The Hall–Kier alpha value is -1.58. The Morgan fingerprint density at radius 2 is 1.95 bits per heavy atom. The van der Waals surface area contributed by atoms with Crippen molar-refractivity contribution in [1.29, 1.82) is 0 Å². The van der Waals surface area contributed by atoms with Gasteiger partial charge in [-0.3, -0.25) is 4.90 Å². The maximum absolute atomic E-state index is 13.9. The molecule has 0 saturated carbocycles. The van der Waals surface area contributed by atoms with Crippen LogP contribution in [0.25, 0.3) is 0 Å². The molecule has 1 saturated heterocycles. The first-order valence-corrected chi connectivity index (χ1v) is 7.93. The zero-order valence-electron chi connectivity index (χ0n) is 12.3. The van der Waals surface area contributed by atoms with E-state index in [1.165, 1.54) is 11.6 Å². The fourth-order valence-corrected chi connectivity index (χ4v) is 3.32. The summed E-state index contributed by atoms with van der Waals surface area (Å²) in [6, 6.07) is 12.2. The second-order valence-electron chi connectivity index (χ2n) is 5.96. The van der Waals surface area contributed by atoms with Gasteiger partial charge in [0, 0.05) is 23.7 Å². The Bertz CT molecular complexity index is 624. The molecule has 1 N–H and O–H groups in total. The Morgan fingerprint density at radius 1 is 1.18 bits per heavy atom. The molecule has 0 aliphatic carbocycles. The van der Waals surface area contributed by atoms with Gasteiger partial charge in [0.1, 0.15) is 11.6 Å². The number of nitrogens with zero attached hydrogens (tertiary/aromatic N) is 1. The molecule has 0 amide bonds. The lowest BCUT2D eigenvalue weighted by molar-refractivity contribution is 0.311. The van der Waals surface area contributed by atoms with E-state index >= 15 is 0 Å². The van der Waals surface area contributed by atoms with Crippen LogP contribution in [-0.4, -0.2) is 23.1 Å². The minimum Gasteiger partial charge on any atom is -0.508 e. The first kappa shape index (κ1) is 15.3. The fourth-order valence-electron chi connectivity index (χ4n) is 3.10. The minimum atomic E-state index is -0.227. The maximum atomic E-state index is 13.9. The lowest BCUT2D eigenvalue weighted by Gasteiger charge is -2.17. The van der Waals surface area contributed by atoms with Crippen molar-refractivity contribution in [3.8, 4) is 5.75 Å². The largest absolute Gasteiger partial charge is 0.508 e. The second kappa shape index (κ2) is 6.67. The van der Waals surface area contributed by atoms with E-state index in [1.807, 2.05) is 12.1 Å². The van der Waals surface area contributed by atoms with Gasteiger partial charge in [-0.25, -0.2) is 4.39 Å². The Morgan fingerprint density at radius 3 is 2.68 bits per heavy atom. The van der Waals surface area contributed by atoms with Crippen LogP contribution in [0.5, 0.6) is 5.75 Å². The monoisotopic (exact) mass is 319 g/mol. The van der Waals surface area contributed by atoms with E-state index in [2.05, 4.69) is 4.90 Å². The van der Waals surface area contributed by atoms with Crippen molar-refractivity contribution in [2.75, 3.05) is 13.1 Å². The zero-order chi connectivity index (χ0) is 15.5. The number of rotatable bonds is 4. The molecule has 1 fully saturated rings. The van der Waals surface area contributed by atoms with Gasteiger partial charge in [0.25, 0.3) is 0 Å². The van der Waals surface area contributed by atoms with Crippen molar-refractivity contribution in [3.63, 3.8) is 0 Å². The van der Waals surface area contributed by atoms with Crippen LogP contribution < -0.4 is 0 Å². The zero-order valence-corrected chi connectivity index (χ0v) is 13.1. The van der Waals surface area contributed by atoms with E-state index in [0.29, 0.717) is 28.8 Å². The van der Waals surface area contributed by atoms with Crippen LogP contribution in [-0.2, 0) is 13.0 Å². The van der Waals surface area contributed by atoms with E-state index < -0.39 is 0 Å². The van der Waals surface area contributed by atoms with E-state index in [9.17, 15) is 9.50 Å². The average Bonchev–Trinajstić information content (AvgIpc) is 2.93. The first-order chi connectivity index (χ1) is 10.6. The van der Waals surface area contributed by atoms with Crippen molar-refractivity contribution in [2.24, 2.45) is 5.92 Å². The molecule has 0 bridgehead atoms. The smallest absolute Gasteiger partial charge is 0.129 e. The highest BCUT2D eigenvalue weighted by atomic mass is 35.5. The molecule has 0 spiro atoms. The van der Waals surface area contributed by atoms with E-state index in [1.54, 1.807) is 24.3 Å². The van der Waals surface area contributed by atoms with Gasteiger partial charge >= 0.3 is 0 Å². The summed E-state index contributed by atoms with van der Waals surface area (Å²) in [6.07, 6.45) is 2.09. The number of aromatic hydroxyl groups is 1. The van der Waals surface area contributed by atoms with Crippen LogP contribution in [0, 0.1) is 11.7 Å². The van der Waals surface area contributed by atoms with Crippen LogP contribution in [0.1, 0.15) is 17.5 Å². The van der Waals surface area contributed by atoms with Crippen LogP contribution in [0.2, 0.25) is 5.02 Å². The Balaban J connectivity index is 1.59. The first-order valence-electron chi connectivity index (χ1n) is 7.55. The molecular formula is C18H19ClFNO. The number of hydrogen-bond acceptors (Lipinski definition) is 2. The molecule has 3 rings (SSSR count). The van der Waals surface area contributed by atoms with Crippen LogP contribution >= 0.6 is 11.6 Å². The normalized spacial score (nSPS) is 18.7. The van der Waals surface area contributed by atoms with Crippen molar-refractivity contribution in [2.45, 2.75) is 19.4 Å². The third-order valence-corrected chi connectivity index (χ3v) is 4.63. The molecule has 1 aliphatic rings. The predicted octanol–water partition coefficient (Wildman–Crippen LogP) is 4.25. The van der Waals surface area contributed by atoms with E-state index in [0.717, 1.165) is 25.9 Å². The molecule has 1 unspecified atom stereocenters. The Kier molecular flexibility index (Phi) is 4.65. The summed E-state index contributed by atoms with van der Waals surface area (Å²) in [4.78, 5) is 2.26. The number of hydrogen-bond donors (Lipinski definition) is 1. The van der Waals surface area contributed by atoms with Crippen LogP contribution in [0.4, 0.5) is 4.39 Å². The molecule has 2 nitrogen and oxygen atoms in total. The average molecular weight is 320 g/mol. The lowest BCUT2D eigenvalue weighted by Crippen LogP contribution is -2.21. The third-order valence-electron chi connectivity index (χ3n) is 4.27. The number of phenols is 1. The quantitative estimate of drug-likeness (QED) is 0.910. The molecule has 2 aromatic rings. The van der Waals surface area contributed by atoms with Crippen molar-refractivity contribution >= 4 is 11.6 Å². The molecule has 0 aromatic heterocycles. The van der Waals surface area contributed by atoms with Gasteiger partial charge in [-0.2, -0.15) is 0 Å². The van der Waals surface area contributed by atoms with Gasteiger partial charge in [0.15, 0.2) is 0 Å². The van der Waals surface area contributed by atoms with Crippen molar-refractivity contribution in [3.05, 3.63) is 64.4 Å². The summed E-state index contributed by atoms with van der Waals surface area (Å²) in [5.41, 5.74) is 1.82. The number of likely N-dealkylation sites (tertiary alicyclic amines) is 1. The number of phenolic OH excluding ortho intramolecular Hbond substituents is 1. The molecule has 4 heteroatoms. The van der Waals surface area contributed by atoms with Gasteiger partial charge < -0.3 is 5.11 Å². The highest BCUT2D eigenvalue weighted by Gasteiger charge is 2.24. The molecule has 0 radical (unpaired) electrons. The third kappa shape index (κ3) is 3.60. The summed E-state index contributed by atoms with van der Waals surface area (Å²) in [6.45, 7) is 2.48. The molecule has 116 valence electrons. The van der Waals surface area contributed by atoms with Gasteiger partial charge in [-0.1, -0.05) is 29.8 Å². The van der Waals surface area contributed by atoms with Crippen LogP contribution in [0.3, 0.4) is 0 Å².